The van der Waals surface area contributed by atoms with Gasteiger partial charge in [-0.3, -0.25) is 4.90 Å². The van der Waals surface area contributed by atoms with Crippen LogP contribution in [0.3, 0.4) is 0 Å². The molecule has 122 valence electrons. The molecular weight excluding hydrogens is 297 g/mol. The molecular formula is C18H20FNO3. The predicted molar refractivity (Wildman–Crippen MR) is 84.8 cm³/mol. The molecule has 1 aliphatic heterocycles. The van der Waals surface area contributed by atoms with Crippen molar-refractivity contribution in [3.63, 3.8) is 0 Å². The van der Waals surface area contributed by atoms with Gasteiger partial charge in [-0.2, -0.15) is 0 Å². The van der Waals surface area contributed by atoms with Crippen LogP contribution in [0.5, 0.6) is 11.5 Å². The van der Waals surface area contributed by atoms with E-state index in [0.29, 0.717) is 25.2 Å². The van der Waals surface area contributed by atoms with Crippen molar-refractivity contribution in [1.82, 2.24) is 4.90 Å². The Kier molecular flexibility index (Phi) is 4.79. The van der Waals surface area contributed by atoms with Gasteiger partial charge < -0.3 is 14.6 Å². The Labute approximate surface area is 135 Å². The fourth-order valence-electron chi connectivity index (χ4n) is 2.72. The van der Waals surface area contributed by atoms with Gasteiger partial charge in [0, 0.05) is 25.2 Å². The lowest BCUT2D eigenvalue weighted by Gasteiger charge is -2.24. The van der Waals surface area contributed by atoms with Crippen molar-refractivity contribution in [3.05, 3.63) is 59.4 Å². The molecule has 2 aromatic rings. The number of nitrogens with zero attached hydrogens (tertiary/aromatic N) is 1. The van der Waals surface area contributed by atoms with E-state index in [2.05, 4.69) is 0 Å². The molecule has 0 radical (unpaired) electrons. The molecule has 0 fully saturated rings. The second-order valence-corrected chi connectivity index (χ2v) is 5.80. The second kappa shape index (κ2) is 6.98. The van der Waals surface area contributed by atoms with Crippen molar-refractivity contribution in [2.45, 2.75) is 26.1 Å². The van der Waals surface area contributed by atoms with Crippen LogP contribution in [0.1, 0.15) is 18.1 Å². The van der Waals surface area contributed by atoms with Crippen LogP contribution in [0.2, 0.25) is 0 Å². The maximum Gasteiger partial charge on any atom is 0.231 e. The molecule has 0 saturated heterocycles. The lowest BCUT2D eigenvalue weighted by Crippen LogP contribution is -2.30. The number of halogens is 1. The summed E-state index contributed by atoms with van der Waals surface area (Å²) in [4.78, 5) is 2.01. The quantitative estimate of drug-likeness (QED) is 0.889. The fraction of sp³-hybridized carbons (Fsp3) is 0.333. The van der Waals surface area contributed by atoms with Crippen LogP contribution in [-0.4, -0.2) is 29.4 Å². The van der Waals surface area contributed by atoms with Crippen LogP contribution < -0.4 is 9.47 Å². The molecule has 3 rings (SSSR count). The first kappa shape index (κ1) is 15.8. The Morgan fingerprint density at radius 3 is 2.70 bits per heavy atom. The SMILES string of the molecule is CC(O)CN(Cc1ccc2c(c1)OCO2)Cc1ccccc1F. The lowest BCUT2D eigenvalue weighted by molar-refractivity contribution is 0.117. The largest absolute Gasteiger partial charge is 0.454 e. The van der Waals surface area contributed by atoms with Crippen LogP contribution in [0.15, 0.2) is 42.5 Å². The van der Waals surface area contributed by atoms with Crippen molar-refractivity contribution < 1.29 is 19.0 Å². The van der Waals surface area contributed by atoms with E-state index in [0.717, 1.165) is 17.1 Å². The first-order chi connectivity index (χ1) is 11.1. The van der Waals surface area contributed by atoms with E-state index < -0.39 is 6.10 Å². The van der Waals surface area contributed by atoms with Crippen LogP contribution in [-0.2, 0) is 13.1 Å². The highest BCUT2D eigenvalue weighted by molar-refractivity contribution is 5.44. The van der Waals surface area contributed by atoms with E-state index in [1.165, 1.54) is 6.07 Å². The molecule has 1 unspecified atom stereocenters. The summed E-state index contributed by atoms with van der Waals surface area (Å²) < 4.78 is 24.6. The molecule has 1 heterocycles. The monoisotopic (exact) mass is 317 g/mol. The Hall–Kier alpha value is -2.11. The molecule has 0 amide bonds. The summed E-state index contributed by atoms with van der Waals surface area (Å²) in [5, 5.41) is 9.72. The zero-order valence-electron chi connectivity index (χ0n) is 13.0. The van der Waals surface area contributed by atoms with Gasteiger partial charge in [0.05, 0.1) is 6.10 Å². The van der Waals surface area contributed by atoms with Crippen LogP contribution in [0.4, 0.5) is 4.39 Å². The fourth-order valence-corrected chi connectivity index (χ4v) is 2.72. The van der Waals surface area contributed by atoms with E-state index in [9.17, 15) is 9.50 Å². The van der Waals surface area contributed by atoms with E-state index in [1.54, 1.807) is 19.1 Å². The smallest absolute Gasteiger partial charge is 0.231 e. The molecule has 2 aromatic carbocycles. The van der Waals surface area contributed by atoms with Gasteiger partial charge >= 0.3 is 0 Å². The first-order valence-corrected chi connectivity index (χ1v) is 7.64. The standard InChI is InChI=1S/C18H20FNO3/c1-13(21)9-20(11-15-4-2-3-5-16(15)19)10-14-6-7-17-18(8-14)23-12-22-17/h2-8,13,21H,9-12H2,1H3. The molecule has 0 aromatic heterocycles. The summed E-state index contributed by atoms with van der Waals surface area (Å²) in [6.45, 7) is 3.46. The third-order valence-corrected chi connectivity index (χ3v) is 3.72. The molecule has 0 aliphatic carbocycles. The van der Waals surface area contributed by atoms with Gasteiger partial charge in [-0.25, -0.2) is 4.39 Å². The Morgan fingerprint density at radius 1 is 1.13 bits per heavy atom. The Bertz CT molecular complexity index is 675. The molecule has 0 bridgehead atoms. The van der Waals surface area contributed by atoms with Crippen molar-refractivity contribution >= 4 is 0 Å². The Balaban J connectivity index is 1.75. The summed E-state index contributed by atoms with van der Waals surface area (Å²) in [6, 6.07) is 12.5. The minimum absolute atomic E-state index is 0.228. The van der Waals surface area contributed by atoms with E-state index >= 15 is 0 Å². The van der Waals surface area contributed by atoms with Gasteiger partial charge in [0.25, 0.3) is 0 Å². The molecule has 0 saturated carbocycles. The second-order valence-electron chi connectivity index (χ2n) is 5.80. The molecule has 1 N–H and O–H groups in total. The summed E-state index contributed by atoms with van der Waals surface area (Å²) >= 11 is 0. The average molecular weight is 317 g/mol. The van der Waals surface area contributed by atoms with Crippen LogP contribution in [0, 0.1) is 5.82 Å². The molecule has 4 nitrogen and oxygen atoms in total. The van der Waals surface area contributed by atoms with Crippen molar-refractivity contribution in [2.24, 2.45) is 0 Å². The summed E-state index contributed by atoms with van der Waals surface area (Å²) in [7, 11) is 0. The maximum absolute atomic E-state index is 13.9. The number of hydrogen-bond acceptors (Lipinski definition) is 4. The lowest BCUT2D eigenvalue weighted by atomic mass is 10.1. The van der Waals surface area contributed by atoms with Gasteiger partial charge in [0.1, 0.15) is 5.82 Å². The van der Waals surface area contributed by atoms with Crippen LogP contribution >= 0.6 is 0 Å². The topological polar surface area (TPSA) is 41.9 Å². The number of fused-ring (bicyclic) bond motifs is 1. The number of rotatable bonds is 6. The summed E-state index contributed by atoms with van der Waals surface area (Å²) in [6.07, 6.45) is -0.490. The zero-order chi connectivity index (χ0) is 16.2. The highest BCUT2D eigenvalue weighted by Gasteiger charge is 2.16. The maximum atomic E-state index is 13.9. The third kappa shape index (κ3) is 4.00. The zero-order valence-corrected chi connectivity index (χ0v) is 13.0. The minimum atomic E-state index is -0.490. The first-order valence-electron chi connectivity index (χ1n) is 7.64. The van der Waals surface area contributed by atoms with Gasteiger partial charge in [-0.05, 0) is 30.7 Å². The Morgan fingerprint density at radius 2 is 1.91 bits per heavy atom. The predicted octanol–water partition coefficient (Wildman–Crippen LogP) is 2.94. The van der Waals surface area contributed by atoms with E-state index in [1.807, 2.05) is 29.2 Å². The van der Waals surface area contributed by atoms with Gasteiger partial charge in [-0.15, -0.1) is 0 Å². The highest BCUT2D eigenvalue weighted by Crippen LogP contribution is 2.33. The van der Waals surface area contributed by atoms with Crippen molar-refractivity contribution in [3.8, 4) is 11.5 Å². The number of hydrogen-bond donors (Lipinski definition) is 1. The number of benzene rings is 2. The van der Waals surface area contributed by atoms with Gasteiger partial charge in [-0.1, -0.05) is 24.3 Å². The van der Waals surface area contributed by atoms with Crippen molar-refractivity contribution in [1.29, 1.82) is 0 Å². The van der Waals surface area contributed by atoms with Crippen molar-refractivity contribution in [2.75, 3.05) is 13.3 Å². The van der Waals surface area contributed by atoms with E-state index in [4.69, 9.17) is 9.47 Å². The highest BCUT2D eigenvalue weighted by atomic mass is 19.1. The molecule has 23 heavy (non-hydrogen) atoms. The minimum Gasteiger partial charge on any atom is -0.454 e. The molecule has 1 aliphatic rings. The van der Waals surface area contributed by atoms with Gasteiger partial charge in [0.15, 0.2) is 11.5 Å². The number of aliphatic hydroxyl groups is 1. The summed E-state index contributed by atoms with van der Waals surface area (Å²) in [5.74, 6) is 1.24. The average Bonchev–Trinajstić information content (AvgIpc) is 2.96. The number of aliphatic hydroxyl groups excluding tert-OH is 1. The van der Waals surface area contributed by atoms with Gasteiger partial charge in [0.2, 0.25) is 6.79 Å². The normalized spacial score (nSPS) is 14.3. The summed E-state index contributed by atoms with van der Waals surface area (Å²) in [5.41, 5.74) is 1.65. The molecule has 0 spiro atoms. The number of ether oxygens (including phenoxy) is 2. The molecule has 1 atom stereocenters. The van der Waals surface area contributed by atoms with Crippen LogP contribution in [0.25, 0.3) is 0 Å². The third-order valence-electron chi connectivity index (χ3n) is 3.72. The van der Waals surface area contributed by atoms with E-state index in [-0.39, 0.29) is 12.6 Å². The molecule has 5 heteroatoms.